The molecule has 2 fully saturated rings. The first-order valence-corrected chi connectivity index (χ1v) is 7.46. The fraction of sp³-hybridized carbons (Fsp3) is 0.929. The summed E-state index contributed by atoms with van der Waals surface area (Å²) in [6, 6.07) is 0. The van der Waals surface area contributed by atoms with Crippen LogP contribution in [0.25, 0.3) is 0 Å². The predicted molar refractivity (Wildman–Crippen MR) is 90.9 cm³/mol. The van der Waals surface area contributed by atoms with Crippen molar-refractivity contribution in [1.82, 2.24) is 10.2 Å². The fourth-order valence-corrected chi connectivity index (χ4v) is 2.97. The molecule has 2 saturated heterocycles. The highest BCUT2D eigenvalue weighted by molar-refractivity contribution is 5.85. The van der Waals surface area contributed by atoms with E-state index < -0.39 is 0 Å². The smallest absolute Gasteiger partial charge is 0.249 e. The van der Waals surface area contributed by atoms with Crippen LogP contribution in [0.2, 0.25) is 0 Å². The van der Waals surface area contributed by atoms with E-state index in [1.807, 2.05) is 0 Å². The zero-order chi connectivity index (χ0) is 14.6. The Kier molecular flexibility index (Phi) is 9.85. The van der Waals surface area contributed by atoms with Gasteiger partial charge in [-0.05, 0) is 39.8 Å². The van der Waals surface area contributed by atoms with Gasteiger partial charge in [0.15, 0.2) is 0 Å². The number of hydrogen-bond acceptors (Lipinski definition) is 5. The van der Waals surface area contributed by atoms with E-state index in [1.54, 1.807) is 0 Å². The number of rotatable bonds is 5. The summed E-state index contributed by atoms with van der Waals surface area (Å²) in [5.41, 5.74) is 5.57. The van der Waals surface area contributed by atoms with Crippen LogP contribution in [0.3, 0.4) is 0 Å². The average Bonchev–Trinajstić information content (AvgIpc) is 2.94. The van der Waals surface area contributed by atoms with E-state index in [4.69, 9.17) is 15.2 Å². The summed E-state index contributed by atoms with van der Waals surface area (Å²) in [7, 11) is 4.13. The number of carbonyl (C=O) groups is 1. The molecule has 132 valence electrons. The minimum Gasteiger partial charge on any atom is -0.381 e. The monoisotopic (exact) mass is 357 g/mol. The maximum Gasteiger partial charge on any atom is 0.249 e. The Balaban J connectivity index is 0.00000220. The van der Waals surface area contributed by atoms with Crippen molar-refractivity contribution in [3.63, 3.8) is 0 Å². The quantitative estimate of drug-likeness (QED) is 0.751. The minimum absolute atomic E-state index is 0. The van der Waals surface area contributed by atoms with Gasteiger partial charge in [-0.15, -0.1) is 24.8 Å². The standard InChI is InChI=1S/C14H27N3O3.2ClH/c1-17(2)14(5-7-19-8-6-14)10-16-13(18)12-4-3-11(9-15)20-12;;/h11-12H,3-10,15H2,1-2H3,(H,16,18);2*1H/t11-,12+;;/m1../s1. The molecule has 2 heterocycles. The number of nitrogens with two attached hydrogens (primary N) is 1. The molecule has 3 N–H and O–H groups in total. The van der Waals surface area contributed by atoms with Gasteiger partial charge in [0.05, 0.1) is 6.10 Å². The molecule has 2 atom stereocenters. The van der Waals surface area contributed by atoms with E-state index in [2.05, 4.69) is 24.3 Å². The van der Waals surface area contributed by atoms with Crippen molar-refractivity contribution < 1.29 is 14.3 Å². The molecule has 8 heteroatoms. The van der Waals surface area contributed by atoms with Gasteiger partial charge in [-0.3, -0.25) is 4.79 Å². The SMILES string of the molecule is CN(C)C1(CNC(=O)[C@@H]2CC[C@H](CN)O2)CCOCC1.Cl.Cl. The first kappa shape index (κ1) is 21.9. The Morgan fingerprint density at radius 2 is 1.91 bits per heavy atom. The van der Waals surface area contributed by atoms with Gasteiger partial charge < -0.3 is 25.4 Å². The summed E-state index contributed by atoms with van der Waals surface area (Å²) in [6.45, 7) is 2.64. The third-order valence-corrected chi connectivity index (χ3v) is 4.63. The van der Waals surface area contributed by atoms with Gasteiger partial charge in [0.1, 0.15) is 6.10 Å². The van der Waals surface area contributed by atoms with Crippen molar-refractivity contribution in [1.29, 1.82) is 0 Å². The molecule has 0 aromatic carbocycles. The molecular formula is C14H29Cl2N3O3. The van der Waals surface area contributed by atoms with E-state index in [0.29, 0.717) is 13.1 Å². The summed E-state index contributed by atoms with van der Waals surface area (Å²) in [4.78, 5) is 14.4. The molecule has 2 rings (SSSR count). The molecule has 0 aromatic heterocycles. The molecular weight excluding hydrogens is 329 g/mol. The molecule has 0 saturated carbocycles. The van der Waals surface area contributed by atoms with Crippen LogP contribution in [0, 0.1) is 0 Å². The van der Waals surface area contributed by atoms with Gasteiger partial charge in [-0.1, -0.05) is 0 Å². The molecule has 0 aromatic rings. The van der Waals surface area contributed by atoms with Crippen molar-refractivity contribution in [2.24, 2.45) is 5.73 Å². The van der Waals surface area contributed by atoms with Crippen LogP contribution in [-0.2, 0) is 14.3 Å². The molecule has 0 radical (unpaired) electrons. The molecule has 2 aliphatic heterocycles. The first-order chi connectivity index (χ1) is 9.57. The van der Waals surface area contributed by atoms with E-state index in [0.717, 1.165) is 38.9 Å². The van der Waals surface area contributed by atoms with E-state index in [-0.39, 0.29) is 48.5 Å². The molecule has 22 heavy (non-hydrogen) atoms. The largest absolute Gasteiger partial charge is 0.381 e. The summed E-state index contributed by atoms with van der Waals surface area (Å²) >= 11 is 0. The molecule has 0 aliphatic carbocycles. The van der Waals surface area contributed by atoms with Crippen LogP contribution in [0.4, 0.5) is 0 Å². The molecule has 0 unspecified atom stereocenters. The van der Waals surface area contributed by atoms with Crippen LogP contribution in [0.15, 0.2) is 0 Å². The topological polar surface area (TPSA) is 76.8 Å². The van der Waals surface area contributed by atoms with E-state index in [9.17, 15) is 4.79 Å². The lowest BCUT2D eigenvalue weighted by Gasteiger charge is -2.43. The van der Waals surface area contributed by atoms with E-state index >= 15 is 0 Å². The molecule has 2 aliphatic rings. The average molecular weight is 358 g/mol. The maximum absolute atomic E-state index is 12.2. The van der Waals surface area contributed by atoms with Crippen molar-refractivity contribution >= 4 is 30.7 Å². The highest BCUT2D eigenvalue weighted by atomic mass is 35.5. The van der Waals surface area contributed by atoms with Gasteiger partial charge in [0.25, 0.3) is 0 Å². The van der Waals surface area contributed by atoms with Crippen molar-refractivity contribution in [2.45, 2.75) is 43.4 Å². The Morgan fingerprint density at radius 3 is 2.41 bits per heavy atom. The van der Waals surface area contributed by atoms with Gasteiger partial charge in [0, 0.05) is 31.8 Å². The van der Waals surface area contributed by atoms with Gasteiger partial charge in [-0.2, -0.15) is 0 Å². The highest BCUT2D eigenvalue weighted by Gasteiger charge is 2.36. The number of carbonyl (C=O) groups excluding carboxylic acids is 1. The molecule has 0 bridgehead atoms. The predicted octanol–water partition coefficient (Wildman–Crippen LogP) is 0.563. The Labute approximate surface area is 145 Å². The second-order valence-corrected chi connectivity index (χ2v) is 6.01. The van der Waals surface area contributed by atoms with Gasteiger partial charge in [-0.25, -0.2) is 0 Å². The summed E-state index contributed by atoms with van der Waals surface area (Å²) in [5.74, 6) is -0.00586. The lowest BCUT2D eigenvalue weighted by atomic mass is 9.88. The number of likely N-dealkylation sites (N-methyl/N-ethyl adjacent to an activating group) is 1. The molecule has 1 amide bonds. The van der Waals surface area contributed by atoms with E-state index in [1.165, 1.54) is 0 Å². The normalized spacial score (nSPS) is 26.9. The highest BCUT2D eigenvalue weighted by Crippen LogP contribution is 2.25. The summed E-state index contributed by atoms with van der Waals surface area (Å²) in [6.07, 6.45) is 3.24. The zero-order valence-electron chi connectivity index (χ0n) is 13.4. The van der Waals surface area contributed by atoms with Gasteiger partial charge in [0.2, 0.25) is 5.91 Å². The zero-order valence-corrected chi connectivity index (χ0v) is 15.0. The van der Waals surface area contributed by atoms with Crippen LogP contribution in [0.5, 0.6) is 0 Å². The van der Waals surface area contributed by atoms with Gasteiger partial charge >= 0.3 is 0 Å². The van der Waals surface area contributed by atoms with Crippen LogP contribution in [0.1, 0.15) is 25.7 Å². The number of nitrogens with zero attached hydrogens (tertiary/aromatic N) is 1. The number of halogens is 2. The number of hydrogen-bond donors (Lipinski definition) is 2. The number of nitrogens with one attached hydrogen (secondary N) is 1. The number of amides is 1. The van der Waals surface area contributed by atoms with Crippen LogP contribution < -0.4 is 11.1 Å². The molecule has 6 nitrogen and oxygen atoms in total. The minimum atomic E-state index is -0.331. The second kappa shape index (κ2) is 9.90. The third-order valence-electron chi connectivity index (χ3n) is 4.63. The first-order valence-electron chi connectivity index (χ1n) is 7.46. The Hall–Kier alpha value is -0.110. The fourth-order valence-electron chi connectivity index (χ4n) is 2.97. The second-order valence-electron chi connectivity index (χ2n) is 6.01. The lowest BCUT2D eigenvalue weighted by molar-refractivity contribution is -0.132. The molecule has 0 spiro atoms. The Morgan fingerprint density at radius 1 is 1.27 bits per heavy atom. The summed E-state index contributed by atoms with van der Waals surface area (Å²) < 4.78 is 11.1. The lowest BCUT2D eigenvalue weighted by Crippen LogP contribution is -2.56. The van der Waals surface area contributed by atoms with Crippen LogP contribution in [-0.4, -0.2) is 69.0 Å². The Bertz CT molecular complexity index is 339. The van der Waals surface area contributed by atoms with Crippen molar-refractivity contribution in [3.8, 4) is 0 Å². The van der Waals surface area contributed by atoms with Crippen molar-refractivity contribution in [3.05, 3.63) is 0 Å². The number of ether oxygens (including phenoxy) is 2. The maximum atomic E-state index is 12.2. The third kappa shape index (κ3) is 5.22. The summed E-state index contributed by atoms with van der Waals surface area (Å²) in [5, 5.41) is 3.06. The van der Waals surface area contributed by atoms with Crippen LogP contribution >= 0.6 is 24.8 Å². The van der Waals surface area contributed by atoms with Crippen molar-refractivity contribution in [2.75, 3.05) is 40.4 Å².